The van der Waals surface area contributed by atoms with Crippen LogP contribution in [0.15, 0.2) is 107 Å². The Kier molecular flexibility index (Phi) is 13.9. The number of sulfone groups is 2. The van der Waals surface area contributed by atoms with E-state index in [-0.39, 0.29) is 58.6 Å². The van der Waals surface area contributed by atoms with Crippen molar-refractivity contribution < 1.29 is 62.2 Å². The minimum Gasteiger partial charge on any atom is -0.480 e. The Morgan fingerprint density at radius 2 is 1.02 bits per heavy atom. The van der Waals surface area contributed by atoms with Gasteiger partial charge in [0, 0.05) is 42.3 Å². The first-order chi connectivity index (χ1) is 29.7. The fourth-order valence-corrected chi connectivity index (χ4v) is 8.83. The number of nitrogens with zero attached hydrogens (tertiary/aromatic N) is 2. The van der Waals surface area contributed by atoms with Gasteiger partial charge in [-0.3, -0.25) is 9.59 Å². The van der Waals surface area contributed by atoms with E-state index in [4.69, 9.17) is 9.47 Å². The van der Waals surface area contributed by atoms with Crippen LogP contribution in [-0.4, -0.2) is 75.5 Å². The number of benzene rings is 5. The van der Waals surface area contributed by atoms with Crippen LogP contribution in [0.25, 0.3) is 11.1 Å². The fraction of sp³-hybridized carbons (Fsp3) is 0.289. The topological polar surface area (TPSA) is 127 Å². The first-order valence-corrected chi connectivity index (χ1v) is 24.3. The summed E-state index contributed by atoms with van der Waals surface area (Å²) in [5.74, 6) is -1.82. The van der Waals surface area contributed by atoms with Crippen molar-refractivity contribution in [3.63, 3.8) is 0 Å². The molecule has 0 aliphatic carbocycles. The summed E-state index contributed by atoms with van der Waals surface area (Å²) >= 11 is 2.15. The summed E-state index contributed by atoms with van der Waals surface area (Å²) in [5.41, 5.74) is 6.44. The van der Waals surface area contributed by atoms with E-state index in [0.717, 1.165) is 105 Å². The van der Waals surface area contributed by atoms with Gasteiger partial charge in [-0.15, -0.1) is 0 Å². The van der Waals surface area contributed by atoms with Gasteiger partial charge in [-0.25, -0.2) is 16.8 Å². The molecule has 5 aromatic carbocycles. The van der Waals surface area contributed by atoms with Gasteiger partial charge in [-0.05, 0) is 137 Å². The highest BCUT2D eigenvalue weighted by Crippen LogP contribution is 2.36. The van der Waals surface area contributed by atoms with Crippen molar-refractivity contribution in [3.8, 4) is 22.6 Å². The SMILES string of the molecule is C[C@H](Oc1ccc(S(C)(=O)=O)cc1C(=O)N1Cc2ccc(I)cc2C1)C(F)(F)F.Cc1ccccc1-c1ccc2c(c1)CN(C(=O)c1cc(S(C)(=O)=O)ccc1OC(C)C(F)(F)F)C2. The molecular formula is C45H41F6IN2O8S2. The molecule has 1 unspecified atom stereocenters. The van der Waals surface area contributed by atoms with Gasteiger partial charge in [0.05, 0.1) is 20.9 Å². The summed E-state index contributed by atoms with van der Waals surface area (Å²) < 4.78 is 137. The highest BCUT2D eigenvalue weighted by Gasteiger charge is 2.40. The molecule has 340 valence electrons. The molecule has 0 aromatic heterocycles. The smallest absolute Gasteiger partial charge is 0.425 e. The van der Waals surface area contributed by atoms with Crippen molar-refractivity contribution in [1.82, 2.24) is 9.80 Å². The predicted molar refractivity (Wildman–Crippen MR) is 234 cm³/mol. The molecular weight excluding hydrogens is 1000 g/mol. The number of fused-ring (bicyclic) bond motifs is 2. The number of amides is 2. The first kappa shape index (κ1) is 48.3. The lowest BCUT2D eigenvalue weighted by atomic mass is 9.97. The number of ether oxygens (including phenoxy) is 2. The number of halogens is 7. The fourth-order valence-electron chi connectivity index (χ4n) is 6.98. The van der Waals surface area contributed by atoms with Crippen molar-refractivity contribution in [2.24, 2.45) is 0 Å². The van der Waals surface area contributed by atoms with Crippen LogP contribution in [0.4, 0.5) is 26.3 Å². The minimum absolute atomic E-state index is 0.167. The van der Waals surface area contributed by atoms with Crippen molar-refractivity contribution >= 4 is 54.1 Å². The Morgan fingerprint density at radius 1 is 0.594 bits per heavy atom. The van der Waals surface area contributed by atoms with Crippen LogP contribution < -0.4 is 9.47 Å². The van der Waals surface area contributed by atoms with Gasteiger partial charge in [0.2, 0.25) is 0 Å². The summed E-state index contributed by atoms with van der Waals surface area (Å²) in [6, 6.07) is 26.2. The average molecular weight is 1040 g/mol. The number of hydrogen-bond acceptors (Lipinski definition) is 8. The number of alkyl halides is 6. The molecule has 2 aliphatic rings. The van der Waals surface area contributed by atoms with Gasteiger partial charge >= 0.3 is 12.4 Å². The van der Waals surface area contributed by atoms with Gasteiger partial charge in [0.1, 0.15) is 11.5 Å². The normalized spacial score (nSPS) is 14.8. The van der Waals surface area contributed by atoms with E-state index in [0.29, 0.717) is 0 Å². The second-order valence-corrected chi connectivity index (χ2v) is 20.8. The lowest BCUT2D eigenvalue weighted by Crippen LogP contribution is -2.32. The van der Waals surface area contributed by atoms with Crippen LogP contribution in [0.5, 0.6) is 11.5 Å². The van der Waals surface area contributed by atoms with Crippen LogP contribution in [0.2, 0.25) is 0 Å². The number of hydrogen-bond donors (Lipinski definition) is 0. The number of carbonyl (C=O) groups excluding carboxylic acids is 2. The molecule has 0 bridgehead atoms. The Morgan fingerprint density at radius 3 is 1.45 bits per heavy atom. The predicted octanol–water partition coefficient (Wildman–Crippen LogP) is 9.73. The lowest BCUT2D eigenvalue weighted by molar-refractivity contribution is -0.189. The molecule has 19 heteroatoms. The molecule has 2 aliphatic heterocycles. The molecule has 2 amide bonds. The minimum atomic E-state index is -4.65. The molecule has 0 saturated carbocycles. The van der Waals surface area contributed by atoms with E-state index in [2.05, 4.69) is 22.6 Å². The van der Waals surface area contributed by atoms with Crippen LogP contribution in [0, 0.1) is 10.5 Å². The van der Waals surface area contributed by atoms with Gasteiger partial charge in [-0.2, -0.15) is 26.3 Å². The largest absolute Gasteiger partial charge is 0.480 e. The second-order valence-electron chi connectivity index (χ2n) is 15.5. The molecule has 2 heterocycles. The van der Waals surface area contributed by atoms with Gasteiger partial charge in [0.25, 0.3) is 11.8 Å². The van der Waals surface area contributed by atoms with E-state index < -0.39 is 56.0 Å². The van der Waals surface area contributed by atoms with Gasteiger partial charge in [-0.1, -0.05) is 42.5 Å². The third-order valence-electron chi connectivity index (χ3n) is 10.6. The second kappa shape index (κ2) is 18.4. The number of carbonyl (C=O) groups is 2. The Labute approximate surface area is 380 Å². The molecule has 5 aromatic rings. The van der Waals surface area contributed by atoms with Crippen LogP contribution in [0.1, 0.15) is 62.4 Å². The summed E-state index contributed by atoms with van der Waals surface area (Å²) in [7, 11) is -7.36. The Hall–Kier alpha value is -5.15. The monoisotopic (exact) mass is 1040 g/mol. The van der Waals surface area contributed by atoms with Gasteiger partial charge in [0.15, 0.2) is 31.9 Å². The maximum atomic E-state index is 13.4. The molecule has 2 atom stereocenters. The van der Waals surface area contributed by atoms with Crippen LogP contribution >= 0.6 is 22.6 Å². The van der Waals surface area contributed by atoms with Crippen molar-refractivity contribution in [2.75, 3.05) is 12.5 Å². The summed E-state index contributed by atoms with van der Waals surface area (Å²) in [6.45, 7) is 4.72. The van der Waals surface area contributed by atoms with Crippen LogP contribution in [-0.2, 0) is 45.9 Å². The zero-order valence-corrected chi connectivity index (χ0v) is 38.6. The average Bonchev–Trinajstić information content (AvgIpc) is 3.83. The molecule has 0 saturated heterocycles. The lowest BCUT2D eigenvalue weighted by Gasteiger charge is -2.22. The van der Waals surface area contributed by atoms with Crippen molar-refractivity contribution in [3.05, 3.63) is 140 Å². The summed E-state index contributed by atoms with van der Waals surface area (Å²) in [5, 5.41) is 0. The maximum Gasteiger partial charge on any atom is 0.425 e. The highest BCUT2D eigenvalue weighted by atomic mass is 127. The molecule has 0 radical (unpaired) electrons. The van der Waals surface area contributed by atoms with E-state index in [1.807, 2.05) is 67.6 Å². The molecule has 64 heavy (non-hydrogen) atoms. The molecule has 0 spiro atoms. The Bertz CT molecular complexity index is 2850. The molecule has 7 rings (SSSR count). The van der Waals surface area contributed by atoms with E-state index in [9.17, 15) is 52.8 Å². The van der Waals surface area contributed by atoms with E-state index in [1.165, 1.54) is 9.80 Å². The van der Waals surface area contributed by atoms with E-state index >= 15 is 0 Å². The number of aryl methyl sites for hydroxylation is 1. The van der Waals surface area contributed by atoms with E-state index in [1.54, 1.807) is 0 Å². The zero-order valence-electron chi connectivity index (χ0n) is 34.8. The zero-order chi connectivity index (χ0) is 47.1. The van der Waals surface area contributed by atoms with Crippen LogP contribution in [0.3, 0.4) is 0 Å². The third-order valence-corrected chi connectivity index (χ3v) is 13.5. The quantitative estimate of drug-likeness (QED) is 0.106. The Balaban J connectivity index is 0.000000216. The van der Waals surface area contributed by atoms with Crippen molar-refractivity contribution in [2.45, 2.75) is 81.3 Å². The summed E-state index contributed by atoms with van der Waals surface area (Å²) in [4.78, 5) is 29.1. The molecule has 10 nitrogen and oxygen atoms in total. The van der Waals surface area contributed by atoms with Crippen molar-refractivity contribution in [1.29, 1.82) is 0 Å². The maximum absolute atomic E-state index is 13.4. The first-order valence-electron chi connectivity index (χ1n) is 19.4. The standard InChI is InChI=1S/C26H24F3NO4S.C19H17F3INO4S/c1-16-6-4-5-7-22(16)18-8-9-19-14-30(15-20(19)12-18)25(31)23-13-21(35(3,32)33)10-11-24(23)34-17(2)26(27,28)29;1-11(19(20,21)22)28-17-6-5-15(29(2,26)27)8-16(17)18(25)24-9-12-3-4-14(23)7-13(12)10-24/h4-13,17H,14-15H2,1-3H3;3-8,11H,9-10H2,1-2H3/t;11-/m.0/s1. The summed E-state index contributed by atoms with van der Waals surface area (Å²) in [6.07, 6.45) is -11.7. The molecule has 0 fully saturated rings. The molecule has 0 N–H and O–H groups in total. The van der Waals surface area contributed by atoms with Gasteiger partial charge < -0.3 is 19.3 Å². The third kappa shape index (κ3) is 11.2. The highest BCUT2D eigenvalue weighted by molar-refractivity contribution is 14.1. The number of rotatable bonds is 9.